The Bertz CT molecular complexity index is 524. The minimum atomic E-state index is -0.00346. The van der Waals surface area contributed by atoms with Gasteiger partial charge >= 0.3 is 0 Å². The molecule has 0 radical (unpaired) electrons. The van der Waals surface area contributed by atoms with Gasteiger partial charge in [-0.15, -0.1) is 0 Å². The first-order chi connectivity index (χ1) is 16.0. The summed E-state index contributed by atoms with van der Waals surface area (Å²) in [5.41, 5.74) is 0. The minimum Gasteiger partial charge on any atom is -0.377 e. The van der Waals surface area contributed by atoms with Gasteiger partial charge in [-0.3, -0.25) is 0 Å². The van der Waals surface area contributed by atoms with E-state index in [1.165, 1.54) is 38.5 Å². The highest BCUT2D eigenvalue weighted by Crippen LogP contribution is 2.28. The first-order valence-electron chi connectivity index (χ1n) is 13.2. The van der Waals surface area contributed by atoms with E-state index in [2.05, 4.69) is 64.5 Å². The average Bonchev–Trinajstić information content (AvgIpc) is 3.52. The summed E-state index contributed by atoms with van der Waals surface area (Å²) >= 11 is 0. The Morgan fingerprint density at radius 3 is 2.03 bits per heavy atom. The molecule has 0 spiro atoms. The molecule has 1 fully saturated rings. The zero-order valence-electron chi connectivity index (χ0n) is 22.0. The fourth-order valence-electron chi connectivity index (χ4n) is 3.33. The van der Waals surface area contributed by atoms with Crippen LogP contribution in [-0.2, 0) is 18.9 Å². The predicted octanol–water partition coefficient (Wildman–Crippen LogP) is 6.06. The van der Waals surface area contributed by atoms with Crippen LogP contribution in [0.15, 0.2) is 36.5 Å². The summed E-state index contributed by atoms with van der Waals surface area (Å²) in [4.78, 5) is 0. The van der Waals surface area contributed by atoms with E-state index in [0.717, 1.165) is 43.3 Å². The molecule has 0 aromatic heterocycles. The van der Waals surface area contributed by atoms with Crippen LogP contribution in [-0.4, -0.2) is 77.6 Å². The summed E-state index contributed by atoms with van der Waals surface area (Å²) in [6.45, 7) is 6.42. The van der Waals surface area contributed by atoms with E-state index in [9.17, 15) is 0 Å². The summed E-state index contributed by atoms with van der Waals surface area (Å²) < 4.78 is 23.4. The van der Waals surface area contributed by atoms with Crippen molar-refractivity contribution in [3.63, 3.8) is 0 Å². The fourth-order valence-corrected chi connectivity index (χ4v) is 3.33. The molecule has 192 valence electrons. The molecule has 5 heteroatoms. The standard InChI is InChI=1S/C28H52NO4/c1-5-6-7-8-9-10-11-12-13-14-15-16-17-18-19-20-27-28(33-27)32-26-25-31-24-23-30-22-21-29(2,3)4/h6-7,9-10,12-13,27-28H,5,8,11,14-26H2,1-4H3/q+1/b7-6-,10-9-,13-12-. The smallest absolute Gasteiger partial charge is 0.184 e. The highest BCUT2D eigenvalue weighted by Gasteiger charge is 2.38. The summed E-state index contributed by atoms with van der Waals surface area (Å²) in [6, 6.07) is 0. The first kappa shape index (κ1) is 30.1. The predicted molar refractivity (Wildman–Crippen MR) is 138 cm³/mol. The quantitative estimate of drug-likeness (QED) is 0.0794. The van der Waals surface area contributed by atoms with Gasteiger partial charge in [-0.1, -0.05) is 69.1 Å². The number of unbranched alkanes of at least 4 members (excludes halogenated alkanes) is 5. The van der Waals surface area contributed by atoms with Gasteiger partial charge in [-0.25, -0.2) is 0 Å². The minimum absolute atomic E-state index is 0.00346. The lowest BCUT2D eigenvalue weighted by Gasteiger charge is -2.23. The maximum absolute atomic E-state index is 5.71. The van der Waals surface area contributed by atoms with Crippen molar-refractivity contribution in [1.29, 1.82) is 0 Å². The molecule has 0 bridgehead atoms. The second kappa shape index (κ2) is 20.4. The van der Waals surface area contributed by atoms with Crippen LogP contribution in [0.25, 0.3) is 0 Å². The summed E-state index contributed by atoms with van der Waals surface area (Å²) in [6.07, 6.45) is 25.9. The van der Waals surface area contributed by atoms with Crippen LogP contribution < -0.4 is 0 Å². The van der Waals surface area contributed by atoms with E-state index in [4.69, 9.17) is 18.9 Å². The Hall–Kier alpha value is -0.980. The van der Waals surface area contributed by atoms with Crippen LogP contribution in [0.3, 0.4) is 0 Å². The third-order valence-electron chi connectivity index (χ3n) is 5.46. The number of hydrogen-bond acceptors (Lipinski definition) is 4. The number of epoxide rings is 1. The van der Waals surface area contributed by atoms with Gasteiger partial charge in [-0.05, 0) is 38.5 Å². The first-order valence-corrected chi connectivity index (χ1v) is 13.2. The Balaban J connectivity index is 1.77. The Morgan fingerprint density at radius 1 is 0.697 bits per heavy atom. The van der Waals surface area contributed by atoms with Crippen molar-refractivity contribution in [2.75, 3.05) is 60.7 Å². The topological polar surface area (TPSA) is 40.2 Å². The van der Waals surface area contributed by atoms with Gasteiger partial charge in [0.15, 0.2) is 6.29 Å². The van der Waals surface area contributed by atoms with Crippen molar-refractivity contribution in [3.8, 4) is 0 Å². The van der Waals surface area contributed by atoms with Crippen molar-refractivity contribution < 1.29 is 23.4 Å². The van der Waals surface area contributed by atoms with Crippen molar-refractivity contribution in [2.24, 2.45) is 0 Å². The van der Waals surface area contributed by atoms with E-state index in [0.29, 0.717) is 32.5 Å². The number of nitrogens with zero attached hydrogens (tertiary/aromatic N) is 1. The number of rotatable bonds is 23. The van der Waals surface area contributed by atoms with E-state index >= 15 is 0 Å². The molecule has 1 saturated heterocycles. The molecule has 0 aromatic carbocycles. The lowest BCUT2D eigenvalue weighted by molar-refractivity contribution is -0.870. The van der Waals surface area contributed by atoms with E-state index in [-0.39, 0.29) is 6.29 Å². The van der Waals surface area contributed by atoms with Gasteiger partial charge in [0.1, 0.15) is 12.6 Å². The van der Waals surface area contributed by atoms with E-state index in [1.54, 1.807) is 0 Å². The van der Waals surface area contributed by atoms with Crippen LogP contribution in [0.2, 0.25) is 0 Å². The van der Waals surface area contributed by atoms with Gasteiger partial charge in [0, 0.05) is 0 Å². The molecule has 1 rings (SSSR count). The molecule has 1 aliphatic heterocycles. The highest BCUT2D eigenvalue weighted by molar-refractivity contribution is 4.96. The number of allylic oxidation sites excluding steroid dienone is 6. The van der Waals surface area contributed by atoms with Gasteiger partial charge in [0.05, 0.1) is 54.2 Å². The normalized spacial score (nSPS) is 18.9. The molecular weight excluding hydrogens is 414 g/mol. The average molecular weight is 467 g/mol. The Labute approximate surface area is 204 Å². The maximum Gasteiger partial charge on any atom is 0.184 e. The van der Waals surface area contributed by atoms with Crippen LogP contribution >= 0.6 is 0 Å². The molecule has 1 heterocycles. The fraction of sp³-hybridized carbons (Fsp3) is 0.786. The molecule has 2 unspecified atom stereocenters. The zero-order chi connectivity index (χ0) is 24.0. The van der Waals surface area contributed by atoms with Crippen LogP contribution in [0.4, 0.5) is 0 Å². The Morgan fingerprint density at radius 2 is 1.30 bits per heavy atom. The molecule has 0 aromatic rings. The maximum atomic E-state index is 5.71. The molecule has 1 aliphatic rings. The molecule has 5 nitrogen and oxygen atoms in total. The van der Waals surface area contributed by atoms with Gasteiger partial charge in [0.25, 0.3) is 0 Å². The van der Waals surface area contributed by atoms with Crippen molar-refractivity contribution in [3.05, 3.63) is 36.5 Å². The largest absolute Gasteiger partial charge is 0.377 e. The zero-order valence-corrected chi connectivity index (χ0v) is 22.0. The summed E-state index contributed by atoms with van der Waals surface area (Å²) in [7, 11) is 6.50. The SMILES string of the molecule is CC/C=C\C/C=C\C/C=C\CCCCCCCC1OC1OCCOCCOCC[N+](C)(C)C. The number of quaternary nitrogens is 1. The van der Waals surface area contributed by atoms with Gasteiger partial charge in [-0.2, -0.15) is 0 Å². The number of likely N-dealkylation sites (N-methyl/N-ethyl adjacent to an activating group) is 1. The molecule has 0 amide bonds. The highest BCUT2D eigenvalue weighted by atomic mass is 16.8. The monoisotopic (exact) mass is 466 g/mol. The van der Waals surface area contributed by atoms with Crippen LogP contribution in [0.5, 0.6) is 0 Å². The second-order valence-corrected chi connectivity index (χ2v) is 9.79. The Kier molecular flexibility index (Phi) is 18.6. The van der Waals surface area contributed by atoms with Crippen LogP contribution in [0.1, 0.15) is 71.1 Å². The van der Waals surface area contributed by atoms with Crippen molar-refractivity contribution >= 4 is 0 Å². The van der Waals surface area contributed by atoms with E-state index < -0.39 is 0 Å². The van der Waals surface area contributed by atoms with E-state index in [1.807, 2.05) is 0 Å². The van der Waals surface area contributed by atoms with Crippen molar-refractivity contribution in [2.45, 2.75) is 83.5 Å². The molecule has 2 atom stereocenters. The molecule has 33 heavy (non-hydrogen) atoms. The molecule has 0 N–H and O–H groups in total. The van der Waals surface area contributed by atoms with Gasteiger partial charge < -0.3 is 23.4 Å². The van der Waals surface area contributed by atoms with Crippen molar-refractivity contribution in [1.82, 2.24) is 0 Å². The third-order valence-corrected chi connectivity index (χ3v) is 5.46. The lowest BCUT2D eigenvalue weighted by Crippen LogP contribution is -2.37. The van der Waals surface area contributed by atoms with Crippen LogP contribution in [0, 0.1) is 0 Å². The lowest BCUT2D eigenvalue weighted by atomic mass is 10.1. The molecule has 0 saturated carbocycles. The summed E-state index contributed by atoms with van der Waals surface area (Å²) in [5, 5.41) is 0. The second-order valence-electron chi connectivity index (χ2n) is 9.79. The molecule has 0 aliphatic carbocycles. The third kappa shape index (κ3) is 21.3. The number of hydrogen-bond donors (Lipinski definition) is 0. The van der Waals surface area contributed by atoms with Gasteiger partial charge in [0.2, 0.25) is 0 Å². The molecular formula is C28H52NO4+. The number of ether oxygens (including phenoxy) is 4. The summed E-state index contributed by atoms with van der Waals surface area (Å²) in [5.74, 6) is 0.